The molecule has 1 fully saturated rings. The number of rotatable bonds is 5. The van der Waals surface area contributed by atoms with Gasteiger partial charge >= 0.3 is 4.87 Å². The molecule has 3 rings (SSSR count). The predicted octanol–water partition coefficient (Wildman–Crippen LogP) is 1.67. The number of aryl methyl sites for hydroxylation is 1. The number of H-pyrrole nitrogens is 1. The van der Waals surface area contributed by atoms with Gasteiger partial charge in [-0.1, -0.05) is 30.4 Å². The summed E-state index contributed by atoms with van der Waals surface area (Å²) < 4.78 is 0. The van der Waals surface area contributed by atoms with Crippen LogP contribution in [-0.4, -0.2) is 23.3 Å². The van der Waals surface area contributed by atoms with Crippen molar-refractivity contribution in [1.82, 2.24) is 10.3 Å². The minimum absolute atomic E-state index is 0.0386. The minimum atomic E-state index is -0.367. The molecule has 0 aliphatic carbocycles. The van der Waals surface area contributed by atoms with Crippen LogP contribution in [0.1, 0.15) is 24.6 Å². The zero-order valence-corrected chi connectivity index (χ0v) is 14.2. The van der Waals surface area contributed by atoms with Gasteiger partial charge < -0.3 is 15.2 Å². The van der Waals surface area contributed by atoms with Crippen LogP contribution >= 0.6 is 11.3 Å². The van der Waals surface area contributed by atoms with Crippen molar-refractivity contribution in [2.24, 2.45) is 5.92 Å². The molecule has 2 amide bonds. The monoisotopic (exact) mass is 345 g/mol. The highest BCUT2D eigenvalue weighted by molar-refractivity contribution is 7.07. The first kappa shape index (κ1) is 16.4. The molecule has 1 aliphatic heterocycles. The maximum Gasteiger partial charge on any atom is 0.304 e. The largest absolute Gasteiger partial charge is 0.350 e. The van der Waals surface area contributed by atoms with Gasteiger partial charge in [0.1, 0.15) is 0 Å². The molecule has 7 heteroatoms. The summed E-state index contributed by atoms with van der Waals surface area (Å²) >= 11 is 1.06. The van der Waals surface area contributed by atoms with E-state index in [1.54, 1.807) is 10.3 Å². The van der Waals surface area contributed by atoms with Gasteiger partial charge in [-0.3, -0.25) is 14.4 Å². The maximum atomic E-state index is 12.3. The highest BCUT2D eigenvalue weighted by Gasteiger charge is 2.34. The molecular formula is C17H19N3O3S. The third kappa shape index (κ3) is 3.56. The van der Waals surface area contributed by atoms with Crippen molar-refractivity contribution in [1.29, 1.82) is 0 Å². The van der Waals surface area contributed by atoms with Gasteiger partial charge in [0.25, 0.3) is 0 Å². The van der Waals surface area contributed by atoms with Crippen LogP contribution in [0.3, 0.4) is 0 Å². The second-order valence-electron chi connectivity index (χ2n) is 5.82. The average molecular weight is 345 g/mol. The van der Waals surface area contributed by atoms with Crippen molar-refractivity contribution in [3.05, 3.63) is 50.6 Å². The molecule has 0 spiro atoms. The van der Waals surface area contributed by atoms with Gasteiger partial charge in [0, 0.05) is 29.7 Å². The number of aromatic amines is 1. The van der Waals surface area contributed by atoms with Crippen LogP contribution in [0.25, 0.3) is 0 Å². The van der Waals surface area contributed by atoms with Crippen LogP contribution in [0.4, 0.5) is 5.69 Å². The fourth-order valence-corrected chi connectivity index (χ4v) is 3.35. The Morgan fingerprint density at radius 3 is 2.71 bits per heavy atom. The number of hydrogen-bond acceptors (Lipinski definition) is 4. The van der Waals surface area contributed by atoms with Gasteiger partial charge in [-0.2, -0.15) is 0 Å². The van der Waals surface area contributed by atoms with E-state index in [4.69, 9.17) is 0 Å². The van der Waals surface area contributed by atoms with Gasteiger partial charge in [-0.15, -0.1) is 0 Å². The Balaban J connectivity index is 1.60. The average Bonchev–Trinajstić information content (AvgIpc) is 3.18. The van der Waals surface area contributed by atoms with Crippen LogP contribution < -0.4 is 15.1 Å². The lowest BCUT2D eigenvalue weighted by Gasteiger charge is -2.17. The van der Waals surface area contributed by atoms with Gasteiger partial charge in [0.2, 0.25) is 11.8 Å². The van der Waals surface area contributed by atoms with E-state index in [1.165, 1.54) is 5.56 Å². The van der Waals surface area contributed by atoms with E-state index in [0.29, 0.717) is 12.2 Å². The molecule has 6 nitrogen and oxygen atoms in total. The molecule has 1 aromatic carbocycles. The van der Waals surface area contributed by atoms with Crippen LogP contribution in [0.15, 0.2) is 34.4 Å². The Labute approximate surface area is 143 Å². The molecule has 1 saturated heterocycles. The second kappa shape index (κ2) is 7.00. The highest BCUT2D eigenvalue weighted by atomic mass is 32.1. The Bertz CT molecular complexity index is 794. The first-order valence-electron chi connectivity index (χ1n) is 7.90. The normalized spacial score (nSPS) is 17.3. The summed E-state index contributed by atoms with van der Waals surface area (Å²) in [5.74, 6) is -0.569. The van der Waals surface area contributed by atoms with E-state index in [2.05, 4.69) is 17.2 Å². The summed E-state index contributed by atoms with van der Waals surface area (Å²) in [4.78, 5) is 39.7. The molecule has 0 bridgehead atoms. The Hall–Kier alpha value is -2.41. The molecule has 0 radical (unpaired) electrons. The summed E-state index contributed by atoms with van der Waals surface area (Å²) in [6.07, 6.45) is 1.16. The fraction of sp³-hybridized carbons (Fsp3) is 0.353. The van der Waals surface area contributed by atoms with Crippen molar-refractivity contribution in [2.45, 2.75) is 26.3 Å². The number of nitrogens with zero attached hydrogens (tertiary/aromatic N) is 1. The molecule has 1 aliphatic rings. The number of carbonyl (C=O) groups is 2. The Morgan fingerprint density at radius 1 is 1.33 bits per heavy atom. The van der Waals surface area contributed by atoms with Crippen LogP contribution in [0.2, 0.25) is 0 Å². The topological polar surface area (TPSA) is 82.3 Å². The van der Waals surface area contributed by atoms with Crippen LogP contribution in [-0.2, 0) is 22.6 Å². The molecule has 0 saturated carbocycles. The first-order valence-corrected chi connectivity index (χ1v) is 8.78. The molecule has 1 atom stereocenters. The quantitative estimate of drug-likeness (QED) is 0.865. The third-order valence-electron chi connectivity index (χ3n) is 4.18. The number of benzene rings is 1. The highest BCUT2D eigenvalue weighted by Crippen LogP contribution is 2.25. The van der Waals surface area contributed by atoms with Crippen molar-refractivity contribution >= 4 is 28.8 Å². The number of amides is 2. The lowest BCUT2D eigenvalue weighted by molar-refractivity contribution is -0.126. The number of hydrogen-bond donors (Lipinski definition) is 2. The summed E-state index contributed by atoms with van der Waals surface area (Å²) in [6, 6.07) is 7.85. The van der Waals surface area contributed by atoms with Crippen molar-refractivity contribution in [2.75, 3.05) is 11.4 Å². The van der Waals surface area contributed by atoms with Crippen molar-refractivity contribution in [3.8, 4) is 0 Å². The number of aromatic nitrogens is 1. The Kier molecular flexibility index (Phi) is 4.80. The molecule has 24 heavy (non-hydrogen) atoms. The molecule has 126 valence electrons. The van der Waals surface area contributed by atoms with Gasteiger partial charge in [-0.25, -0.2) is 0 Å². The first-order chi connectivity index (χ1) is 11.6. The van der Waals surface area contributed by atoms with Crippen molar-refractivity contribution in [3.63, 3.8) is 0 Å². The Morgan fingerprint density at radius 2 is 2.08 bits per heavy atom. The third-order valence-corrected chi connectivity index (χ3v) is 4.89. The minimum Gasteiger partial charge on any atom is -0.350 e. The fourth-order valence-electron chi connectivity index (χ4n) is 2.77. The predicted molar refractivity (Wildman–Crippen MR) is 93.1 cm³/mol. The van der Waals surface area contributed by atoms with Gasteiger partial charge in [0.05, 0.1) is 12.5 Å². The summed E-state index contributed by atoms with van der Waals surface area (Å²) in [5, 5.41) is 4.47. The molecule has 2 heterocycles. The number of anilines is 1. The van der Waals surface area contributed by atoms with E-state index in [0.717, 1.165) is 23.4 Å². The SMILES string of the molecule is CCc1ccc(N2C[C@H](C(=O)NCc3csc(=O)[nH]3)CC2=O)cc1. The standard InChI is InChI=1S/C17H19N3O3S/c1-2-11-3-5-14(6-4-11)20-9-12(7-15(20)21)16(22)18-8-13-10-24-17(23)19-13/h3-6,10,12H,2,7-9H2,1H3,(H,18,22)(H,19,23)/t12-/m1/s1. The maximum absolute atomic E-state index is 12.3. The van der Waals surface area contributed by atoms with Crippen LogP contribution in [0.5, 0.6) is 0 Å². The summed E-state index contributed by atoms with van der Waals surface area (Å²) in [7, 11) is 0. The number of nitrogens with one attached hydrogen (secondary N) is 2. The summed E-state index contributed by atoms with van der Waals surface area (Å²) in [5.41, 5.74) is 2.72. The van der Waals surface area contributed by atoms with E-state index < -0.39 is 0 Å². The van der Waals surface area contributed by atoms with Crippen LogP contribution in [0, 0.1) is 5.92 Å². The summed E-state index contributed by atoms with van der Waals surface area (Å²) in [6.45, 7) is 2.74. The number of carbonyl (C=O) groups excluding carboxylic acids is 2. The van der Waals surface area contributed by atoms with E-state index in [-0.39, 0.29) is 35.6 Å². The molecule has 2 N–H and O–H groups in total. The zero-order chi connectivity index (χ0) is 17.1. The van der Waals surface area contributed by atoms with Gasteiger partial charge in [0.15, 0.2) is 0 Å². The van der Waals surface area contributed by atoms with Gasteiger partial charge in [-0.05, 0) is 24.1 Å². The lowest BCUT2D eigenvalue weighted by Crippen LogP contribution is -2.32. The zero-order valence-electron chi connectivity index (χ0n) is 13.4. The smallest absolute Gasteiger partial charge is 0.304 e. The van der Waals surface area contributed by atoms with E-state index >= 15 is 0 Å². The second-order valence-corrected chi connectivity index (χ2v) is 6.66. The van der Waals surface area contributed by atoms with Crippen molar-refractivity contribution < 1.29 is 9.59 Å². The molecule has 1 aromatic heterocycles. The molecule has 2 aromatic rings. The van der Waals surface area contributed by atoms with E-state index in [9.17, 15) is 14.4 Å². The van der Waals surface area contributed by atoms with E-state index in [1.807, 2.05) is 24.3 Å². The lowest BCUT2D eigenvalue weighted by atomic mass is 10.1. The molecular weight excluding hydrogens is 326 g/mol. The molecule has 0 unspecified atom stereocenters. The number of thiazole rings is 1.